The van der Waals surface area contributed by atoms with Gasteiger partial charge in [-0.25, -0.2) is 0 Å². The Hall–Kier alpha value is -1.51. The summed E-state index contributed by atoms with van der Waals surface area (Å²) >= 11 is 0. The minimum atomic E-state index is 0.201. The van der Waals surface area contributed by atoms with Gasteiger partial charge in [0.25, 0.3) is 0 Å². The van der Waals surface area contributed by atoms with Crippen LogP contribution in [0.4, 0.5) is 11.4 Å². The summed E-state index contributed by atoms with van der Waals surface area (Å²) < 4.78 is 0. The van der Waals surface area contributed by atoms with Crippen molar-refractivity contribution < 1.29 is 4.79 Å². The Bertz CT molecular complexity index is 393. The van der Waals surface area contributed by atoms with Crippen molar-refractivity contribution in [1.82, 2.24) is 0 Å². The molecule has 0 heterocycles. The topological polar surface area (TPSA) is 46.3 Å². The molecule has 0 atom stereocenters. The number of benzene rings is 1. The number of nitrogens with zero attached hydrogens (tertiary/aromatic N) is 1. The molecule has 1 saturated carbocycles. The Labute approximate surface area is 109 Å². The lowest BCUT2D eigenvalue weighted by atomic mass is 10.0. The predicted molar refractivity (Wildman–Crippen MR) is 75.5 cm³/mol. The van der Waals surface area contributed by atoms with Crippen LogP contribution in [0.5, 0.6) is 0 Å². The van der Waals surface area contributed by atoms with E-state index in [4.69, 9.17) is 5.73 Å². The highest BCUT2D eigenvalue weighted by molar-refractivity contribution is 5.92. The maximum Gasteiger partial charge on any atom is 0.226 e. The van der Waals surface area contributed by atoms with Crippen LogP contribution in [0.3, 0.4) is 0 Å². The lowest BCUT2D eigenvalue weighted by Gasteiger charge is -2.18. The average Bonchev–Trinajstić information content (AvgIpc) is 2.89. The summed E-state index contributed by atoms with van der Waals surface area (Å²) in [6.07, 6.45) is 6.99. The molecule has 1 amide bonds. The number of amides is 1. The van der Waals surface area contributed by atoms with Crippen LogP contribution in [0.2, 0.25) is 0 Å². The van der Waals surface area contributed by atoms with Crippen molar-refractivity contribution in [1.29, 1.82) is 0 Å². The highest BCUT2D eigenvalue weighted by atomic mass is 16.2. The van der Waals surface area contributed by atoms with E-state index >= 15 is 0 Å². The van der Waals surface area contributed by atoms with Gasteiger partial charge in [0, 0.05) is 24.8 Å². The van der Waals surface area contributed by atoms with Crippen LogP contribution in [-0.4, -0.2) is 13.0 Å². The second-order valence-electron chi connectivity index (χ2n) is 5.23. The van der Waals surface area contributed by atoms with Crippen LogP contribution in [-0.2, 0) is 4.79 Å². The number of anilines is 2. The van der Waals surface area contributed by atoms with Crippen LogP contribution in [0, 0.1) is 5.92 Å². The first-order valence-electron chi connectivity index (χ1n) is 6.79. The van der Waals surface area contributed by atoms with E-state index < -0.39 is 0 Å². The minimum absolute atomic E-state index is 0.201. The van der Waals surface area contributed by atoms with E-state index in [1.165, 1.54) is 25.7 Å². The number of rotatable bonds is 4. The summed E-state index contributed by atoms with van der Waals surface area (Å²) in [5, 5.41) is 0. The number of carbonyl (C=O) groups excluding carboxylic acids is 1. The molecule has 1 aliphatic carbocycles. The molecule has 1 aliphatic rings. The molecule has 2 N–H and O–H groups in total. The molecule has 18 heavy (non-hydrogen) atoms. The molecule has 1 fully saturated rings. The zero-order chi connectivity index (χ0) is 13.0. The Morgan fingerprint density at radius 2 is 1.89 bits per heavy atom. The molecule has 1 aromatic rings. The molecule has 0 unspecified atom stereocenters. The molecule has 0 aliphatic heterocycles. The molecule has 2 rings (SSSR count). The lowest BCUT2D eigenvalue weighted by Crippen LogP contribution is -2.26. The van der Waals surface area contributed by atoms with Gasteiger partial charge in [-0.15, -0.1) is 0 Å². The van der Waals surface area contributed by atoms with Gasteiger partial charge < -0.3 is 10.6 Å². The smallest absolute Gasteiger partial charge is 0.226 e. The van der Waals surface area contributed by atoms with E-state index in [0.29, 0.717) is 6.42 Å². The van der Waals surface area contributed by atoms with Crippen LogP contribution in [0.1, 0.15) is 38.5 Å². The molecule has 3 heteroatoms. The zero-order valence-electron chi connectivity index (χ0n) is 11.1. The maximum absolute atomic E-state index is 12.1. The summed E-state index contributed by atoms with van der Waals surface area (Å²) in [7, 11) is 1.84. The third-order valence-corrected chi connectivity index (χ3v) is 3.90. The predicted octanol–water partition coefficient (Wildman–Crippen LogP) is 3.20. The molecule has 3 nitrogen and oxygen atoms in total. The molecule has 0 spiro atoms. The van der Waals surface area contributed by atoms with E-state index in [1.54, 1.807) is 4.90 Å². The maximum atomic E-state index is 12.1. The fourth-order valence-electron chi connectivity index (χ4n) is 2.64. The monoisotopic (exact) mass is 246 g/mol. The summed E-state index contributed by atoms with van der Waals surface area (Å²) in [6.45, 7) is 0. The first-order valence-corrected chi connectivity index (χ1v) is 6.79. The van der Waals surface area contributed by atoms with Crippen molar-refractivity contribution in [3.63, 3.8) is 0 Å². The molecule has 0 radical (unpaired) electrons. The van der Waals surface area contributed by atoms with E-state index in [0.717, 1.165) is 23.7 Å². The van der Waals surface area contributed by atoms with Crippen LogP contribution >= 0.6 is 0 Å². The largest absolute Gasteiger partial charge is 0.399 e. The van der Waals surface area contributed by atoms with Crippen LogP contribution in [0.15, 0.2) is 24.3 Å². The summed E-state index contributed by atoms with van der Waals surface area (Å²) in [5.41, 5.74) is 7.29. The van der Waals surface area contributed by atoms with Crippen molar-refractivity contribution >= 4 is 17.3 Å². The molecule has 0 bridgehead atoms. The number of hydrogen-bond donors (Lipinski definition) is 1. The fraction of sp³-hybridized carbons (Fsp3) is 0.533. The first-order chi connectivity index (χ1) is 8.66. The minimum Gasteiger partial charge on any atom is -0.399 e. The highest BCUT2D eigenvalue weighted by Crippen LogP contribution is 2.29. The Morgan fingerprint density at radius 1 is 1.28 bits per heavy atom. The summed E-state index contributed by atoms with van der Waals surface area (Å²) in [5.74, 6) is 0.973. The Kier molecular flexibility index (Phi) is 4.24. The second-order valence-corrected chi connectivity index (χ2v) is 5.23. The van der Waals surface area contributed by atoms with Gasteiger partial charge in [-0.2, -0.15) is 0 Å². The van der Waals surface area contributed by atoms with Crippen molar-refractivity contribution in [2.45, 2.75) is 38.5 Å². The van der Waals surface area contributed by atoms with E-state index in [-0.39, 0.29) is 5.91 Å². The molecular weight excluding hydrogens is 224 g/mol. The average molecular weight is 246 g/mol. The van der Waals surface area contributed by atoms with Gasteiger partial charge in [0.1, 0.15) is 0 Å². The summed E-state index contributed by atoms with van der Waals surface area (Å²) in [4.78, 5) is 13.8. The van der Waals surface area contributed by atoms with Crippen LogP contribution in [0.25, 0.3) is 0 Å². The van der Waals surface area contributed by atoms with Crippen LogP contribution < -0.4 is 10.6 Å². The van der Waals surface area contributed by atoms with Gasteiger partial charge in [0.2, 0.25) is 5.91 Å². The number of nitrogens with two attached hydrogens (primary N) is 1. The SMILES string of the molecule is CN(C(=O)CCC1CCCC1)c1ccc(N)cc1. The second kappa shape index (κ2) is 5.89. The quantitative estimate of drug-likeness (QED) is 0.829. The van der Waals surface area contributed by atoms with Gasteiger partial charge in [-0.1, -0.05) is 25.7 Å². The number of hydrogen-bond acceptors (Lipinski definition) is 2. The zero-order valence-corrected chi connectivity index (χ0v) is 11.1. The lowest BCUT2D eigenvalue weighted by molar-refractivity contribution is -0.118. The number of nitrogen functional groups attached to an aromatic ring is 1. The molecule has 0 aromatic heterocycles. The van der Waals surface area contributed by atoms with Crippen molar-refractivity contribution in [2.75, 3.05) is 17.7 Å². The number of carbonyl (C=O) groups is 1. The van der Waals surface area contributed by atoms with E-state index in [1.807, 2.05) is 31.3 Å². The molecular formula is C15H22N2O. The third-order valence-electron chi connectivity index (χ3n) is 3.90. The normalized spacial score (nSPS) is 15.8. The fourth-order valence-corrected chi connectivity index (χ4v) is 2.64. The molecule has 0 saturated heterocycles. The van der Waals surface area contributed by atoms with Gasteiger partial charge in [-0.3, -0.25) is 4.79 Å². The first kappa shape index (κ1) is 12.9. The van der Waals surface area contributed by atoms with Gasteiger partial charge in [0.05, 0.1) is 0 Å². The van der Waals surface area contributed by atoms with Gasteiger partial charge in [0.15, 0.2) is 0 Å². The van der Waals surface area contributed by atoms with E-state index in [2.05, 4.69) is 0 Å². The van der Waals surface area contributed by atoms with Gasteiger partial charge >= 0.3 is 0 Å². The standard InChI is InChI=1S/C15H22N2O/c1-17(14-9-7-13(16)8-10-14)15(18)11-6-12-4-2-3-5-12/h7-10,12H,2-6,11,16H2,1H3. The van der Waals surface area contributed by atoms with Crippen molar-refractivity contribution in [3.8, 4) is 0 Å². The Morgan fingerprint density at radius 3 is 2.50 bits per heavy atom. The Balaban J connectivity index is 1.85. The third kappa shape index (κ3) is 3.25. The van der Waals surface area contributed by atoms with E-state index in [9.17, 15) is 4.79 Å². The summed E-state index contributed by atoms with van der Waals surface area (Å²) in [6, 6.07) is 7.44. The van der Waals surface area contributed by atoms with Gasteiger partial charge in [-0.05, 0) is 36.6 Å². The molecule has 98 valence electrons. The van der Waals surface area contributed by atoms with Crippen molar-refractivity contribution in [3.05, 3.63) is 24.3 Å². The molecule has 1 aromatic carbocycles. The van der Waals surface area contributed by atoms with Crippen molar-refractivity contribution in [2.24, 2.45) is 5.92 Å². The highest BCUT2D eigenvalue weighted by Gasteiger charge is 2.18.